The fraction of sp³-hybridized carbons (Fsp3) is 0.304. The van der Waals surface area contributed by atoms with Crippen molar-refractivity contribution >= 4 is 41.3 Å². The highest BCUT2D eigenvalue weighted by molar-refractivity contribution is 7.80. The van der Waals surface area contributed by atoms with Gasteiger partial charge in [0.1, 0.15) is 11.5 Å². The van der Waals surface area contributed by atoms with Crippen LogP contribution in [0.25, 0.3) is 0 Å². The third kappa shape index (κ3) is 6.13. The molecule has 1 aromatic heterocycles. The first-order valence-corrected chi connectivity index (χ1v) is 11.0. The number of hydrazone groups is 1. The molecule has 180 valence electrons. The molecule has 1 amide bonds. The zero-order valence-electron chi connectivity index (χ0n) is 19.4. The second-order valence-electron chi connectivity index (χ2n) is 7.48. The number of allylic oxidation sites excluding steroid dienone is 1. The number of nitrogens with zero attached hydrogens (tertiary/aromatic N) is 2. The van der Waals surface area contributed by atoms with E-state index in [9.17, 15) is 9.59 Å². The van der Waals surface area contributed by atoms with E-state index in [0.717, 1.165) is 0 Å². The number of thiocarbonyl (C=S) groups is 1. The molecule has 0 spiro atoms. The van der Waals surface area contributed by atoms with E-state index in [0.29, 0.717) is 39.3 Å². The van der Waals surface area contributed by atoms with Crippen LogP contribution in [0.5, 0.6) is 5.75 Å². The number of esters is 1. The van der Waals surface area contributed by atoms with Crippen LogP contribution in [0.15, 0.2) is 57.2 Å². The van der Waals surface area contributed by atoms with Gasteiger partial charge < -0.3 is 29.4 Å². The number of hydrogen-bond acceptors (Lipinski definition) is 8. The van der Waals surface area contributed by atoms with Crippen molar-refractivity contribution in [1.82, 2.24) is 16.1 Å². The van der Waals surface area contributed by atoms with E-state index in [-0.39, 0.29) is 13.2 Å². The predicted molar refractivity (Wildman–Crippen MR) is 132 cm³/mol. The van der Waals surface area contributed by atoms with Crippen molar-refractivity contribution in [3.05, 3.63) is 59.0 Å². The van der Waals surface area contributed by atoms with E-state index < -0.39 is 17.9 Å². The first-order valence-electron chi connectivity index (χ1n) is 10.6. The molecule has 2 heterocycles. The van der Waals surface area contributed by atoms with E-state index in [4.69, 9.17) is 26.1 Å². The Bertz CT molecular complexity index is 1120. The molecule has 0 saturated heterocycles. The molecule has 2 aromatic rings. The van der Waals surface area contributed by atoms with Crippen molar-refractivity contribution in [1.29, 1.82) is 0 Å². The number of carbonyl (C=O) groups excluding carboxylic acids is 2. The SMILES string of the molecule is CCOC(=O)C1=C(C)NC(=S)N[C@H]1c1ccccc1OCC(=O)NN=Cc1ccc(N(C)C)o1. The van der Waals surface area contributed by atoms with Crippen molar-refractivity contribution in [2.24, 2.45) is 5.10 Å². The summed E-state index contributed by atoms with van der Waals surface area (Å²) in [5.74, 6) is 0.656. The Labute approximate surface area is 203 Å². The summed E-state index contributed by atoms with van der Waals surface area (Å²) in [5.41, 5.74) is 4.01. The Balaban J connectivity index is 1.69. The molecule has 1 aliphatic rings. The fourth-order valence-corrected chi connectivity index (χ4v) is 3.52. The first kappa shape index (κ1) is 24.8. The second-order valence-corrected chi connectivity index (χ2v) is 7.89. The molecule has 11 heteroatoms. The highest BCUT2D eigenvalue weighted by Crippen LogP contribution is 2.33. The molecule has 0 aliphatic carbocycles. The van der Waals surface area contributed by atoms with E-state index >= 15 is 0 Å². The maximum Gasteiger partial charge on any atom is 0.338 e. The smallest absolute Gasteiger partial charge is 0.338 e. The topological polar surface area (TPSA) is 117 Å². The van der Waals surface area contributed by atoms with Gasteiger partial charge in [-0.2, -0.15) is 5.10 Å². The summed E-state index contributed by atoms with van der Waals surface area (Å²) < 4.78 is 16.5. The van der Waals surface area contributed by atoms with Crippen molar-refractivity contribution < 1.29 is 23.5 Å². The van der Waals surface area contributed by atoms with Gasteiger partial charge in [0.15, 0.2) is 17.6 Å². The average molecular weight is 486 g/mol. The number of amides is 1. The predicted octanol–water partition coefficient (Wildman–Crippen LogP) is 2.23. The van der Waals surface area contributed by atoms with Crippen LogP contribution in [0.1, 0.15) is 31.2 Å². The molecule has 0 bridgehead atoms. The normalized spacial score (nSPS) is 15.5. The molecule has 1 aromatic carbocycles. The molecule has 0 fully saturated rings. The molecular weight excluding hydrogens is 458 g/mol. The van der Waals surface area contributed by atoms with Gasteiger partial charge in [0.25, 0.3) is 5.91 Å². The third-order valence-corrected chi connectivity index (χ3v) is 5.01. The van der Waals surface area contributed by atoms with Gasteiger partial charge in [0.2, 0.25) is 0 Å². The summed E-state index contributed by atoms with van der Waals surface area (Å²) >= 11 is 5.28. The number of benzene rings is 1. The standard InChI is InChI=1S/C23H27N5O5S/c1-5-31-22(30)20-14(2)25-23(34)26-21(20)16-8-6-7-9-17(16)32-13-18(29)27-24-12-15-10-11-19(33-15)28(3)4/h6-12,21H,5,13H2,1-4H3,(H,27,29)(H2,25,26,34)/t21-/m0/s1. The quantitative estimate of drug-likeness (QED) is 0.213. The maximum atomic E-state index is 12.6. The maximum absolute atomic E-state index is 12.6. The summed E-state index contributed by atoms with van der Waals surface area (Å²) in [6.45, 7) is 3.44. The molecule has 3 N–H and O–H groups in total. The van der Waals surface area contributed by atoms with E-state index in [1.807, 2.05) is 25.1 Å². The zero-order chi connectivity index (χ0) is 24.7. The van der Waals surface area contributed by atoms with Gasteiger partial charge in [-0.1, -0.05) is 18.2 Å². The molecule has 10 nitrogen and oxygen atoms in total. The Hall–Kier alpha value is -3.86. The fourth-order valence-electron chi connectivity index (χ4n) is 3.25. The van der Waals surface area contributed by atoms with Crippen LogP contribution in [0.4, 0.5) is 5.88 Å². The highest BCUT2D eigenvalue weighted by Gasteiger charge is 2.32. The largest absolute Gasteiger partial charge is 0.483 e. The first-order chi connectivity index (χ1) is 16.3. The Kier molecular flexibility index (Phi) is 8.25. The highest BCUT2D eigenvalue weighted by atomic mass is 32.1. The van der Waals surface area contributed by atoms with Crippen LogP contribution in [-0.2, 0) is 14.3 Å². The molecule has 0 unspecified atom stereocenters. The van der Waals surface area contributed by atoms with Crippen LogP contribution >= 0.6 is 12.2 Å². The van der Waals surface area contributed by atoms with E-state index in [2.05, 4.69) is 21.2 Å². The van der Waals surface area contributed by atoms with E-state index in [1.165, 1.54) is 6.21 Å². The van der Waals surface area contributed by atoms with Crippen molar-refractivity contribution in [3.63, 3.8) is 0 Å². The zero-order valence-corrected chi connectivity index (χ0v) is 20.2. The molecule has 3 rings (SSSR count). The van der Waals surface area contributed by atoms with Gasteiger partial charge in [-0.3, -0.25) is 4.79 Å². The van der Waals surface area contributed by atoms with Crippen molar-refractivity contribution in [2.45, 2.75) is 19.9 Å². The van der Waals surface area contributed by atoms with Crippen LogP contribution in [0, 0.1) is 0 Å². The van der Waals surface area contributed by atoms with Crippen LogP contribution in [-0.4, -0.2) is 50.5 Å². The number of para-hydroxylation sites is 1. The summed E-state index contributed by atoms with van der Waals surface area (Å²) in [6, 6.07) is 10.0. The number of ether oxygens (including phenoxy) is 2. The minimum atomic E-state index is -0.602. The van der Waals surface area contributed by atoms with Gasteiger partial charge in [0, 0.05) is 31.4 Å². The Morgan fingerprint density at radius 3 is 2.74 bits per heavy atom. The molecule has 1 atom stereocenters. The molecular formula is C23H27N5O5S. The van der Waals surface area contributed by atoms with Crippen LogP contribution in [0.2, 0.25) is 0 Å². The summed E-state index contributed by atoms with van der Waals surface area (Å²) in [7, 11) is 3.72. The molecule has 34 heavy (non-hydrogen) atoms. The number of furan rings is 1. The minimum Gasteiger partial charge on any atom is -0.483 e. The summed E-state index contributed by atoms with van der Waals surface area (Å²) in [6.07, 6.45) is 1.40. The monoisotopic (exact) mass is 485 g/mol. The summed E-state index contributed by atoms with van der Waals surface area (Å²) in [4.78, 5) is 26.7. The molecule has 1 aliphatic heterocycles. The lowest BCUT2D eigenvalue weighted by atomic mass is 9.95. The van der Waals surface area contributed by atoms with Gasteiger partial charge >= 0.3 is 5.97 Å². The lowest BCUT2D eigenvalue weighted by Gasteiger charge is -2.30. The van der Waals surface area contributed by atoms with Gasteiger partial charge in [-0.15, -0.1) is 0 Å². The number of nitrogens with one attached hydrogen (secondary N) is 3. The molecule has 0 radical (unpaired) electrons. The van der Waals surface area contributed by atoms with Crippen LogP contribution < -0.4 is 25.7 Å². The molecule has 0 saturated carbocycles. The average Bonchev–Trinajstić information content (AvgIpc) is 3.27. The lowest BCUT2D eigenvalue weighted by Crippen LogP contribution is -2.45. The number of rotatable bonds is 9. The van der Waals surface area contributed by atoms with Crippen molar-refractivity contribution in [3.8, 4) is 5.75 Å². The van der Waals surface area contributed by atoms with Gasteiger partial charge in [-0.25, -0.2) is 10.2 Å². The number of hydrogen-bond donors (Lipinski definition) is 3. The van der Waals surface area contributed by atoms with Gasteiger partial charge in [0.05, 0.1) is 24.4 Å². The van der Waals surface area contributed by atoms with Crippen LogP contribution in [0.3, 0.4) is 0 Å². The Morgan fingerprint density at radius 2 is 2.03 bits per heavy atom. The van der Waals surface area contributed by atoms with Crippen molar-refractivity contribution in [2.75, 3.05) is 32.2 Å². The Morgan fingerprint density at radius 1 is 1.26 bits per heavy atom. The third-order valence-electron chi connectivity index (χ3n) is 4.79. The number of anilines is 1. The van der Waals surface area contributed by atoms with E-state index in [1.54, 1.807) is 44.2 Å². The minimum absolute atomic E-state index is 0.236. The van der Waals surface area contributed by atoms with Gasteiger partial charge in [-0.05, 0) is 38.2 Å². The lowest BCUT2D eigenvalue weighted by molar-refractivity contribution is -0.139. The second kappa shape index (κ2) is 11.3. The number of carbonyl (C=O) groups is 2. The summed E-state index contributed by atoms with van der Waals surface area (Å²) in [5, 5.41) is 10.3.